The topological polar surface area (TPSA) is 282 Å². The highest BCUT2D eigenvalue weighted by Crippen LogP contribution is 2.26. The molecule has 0 saturated carbocycles. The minimum absolute atomic E-state index is 0.0129. The van der Waals surface area contributed by atoms with Gasteiger partial charge in [0.1, 0.15) is 46.2 Å². The molecule has 1 atom stereocenters. The number of unbranched alkanes of at least 4 members (excludes halogenated alkanes) is 1. The van der Waals surface area contributed by atoms with Gasteiger partial charge in [0.2, 0.25) is 0 Å². The van der Waals surface area contributed by atoms with Crippen LogP contribution in [0.1, 0.15) is 122 Å². The van der Waals surface area contributed by atoms with E-state index in [4.69, 9.17) is 38.3 Å². The first-order valence-electron chi connectivity index (χ1n) is 21.8. The number of aliphatic hydroxyl groups excluding tert-OH is 3. The van der Waals surface area contributed by atoms with Gasteiger partial charge in [-0.2, -0.15) is 0 Å². The molecule has 4 aromatic carbocycles. The van der Waals surface area contributed by atoms with Crippen molar-refractivity contribution >= 4 is 47.8 Å². The van der Waals surface area contributed by atoms with E-state index in [1.54, 1.807) is 6.92 Å². The maximum atomic E-state index is 13.1. The molecule has 0 radical (unpaired) electrons. The van der Waals surface area contributed by atoms with Crippen molar-refractivity contribution in [3.05, 3.63) is 142 Å². The summed E-state index contributed by atoms with van der Waals surface area (Å²) in [4.78, 5) is 99.8. The van der Waals surface area contributed by atoms with Gasteiger partial charge >= 0.3 is 47.8 Å². The van der Waals surface area contributed by atoms with E-state index in [2.05, 4.69) is 0 Å². The zero-order valence-electron chi connectivity index (χ0n) is 38.0. The number of hydrogen-bond donors (Lipinski definition) is 4. The van der Waals surface area contributed by atoms with Crippen LogP contribution in [0.4, 0.5) is 0 Å². The Morgan fingerprint density at radius 1 is 0.406 bits per heavy atom. The number of esters is 7. The van der Waals surface area contributed by atoms with Gasteiger partial charge in [0, 0.05) is 0 Å². The largest absolute Gasteiger partial charge is 0.478 e. The Bertz CT molecular complexity index is 2400. The number of carbonyl (C=O) groups excluding carboxylic acids is 7. The van der Waals surface area contributed by atoms with Crippen molar-refractivity contribution in [1.29, 1.82) is 0 Å². The van der Waals surface area contributed by atoms with Gasteiger partial charge < -0.3 is 53.6 Å². The van der Waals surface area contributed by atoms with Crippen LogP contribution in [-0.4, -0.2) is 134 Å². The molecule has 0 fully saturated rings. The Morgan fingerprint density at radius 2 is 0.696 bits per heavy atom. The maximum Gasteiger partial charge on any atom is 0.338 e. The van der Waals surface area contributed by atoms with Crippen molar-refractivity contribution in [3.8, 4) is 0 Å². The Hall–Kier alpha value is -7.48. The molecule has 4 rings (SSSR count). The van der Waals surface area contributed by atoms with E-state index in [1.807, 2.05) is 6.92 Å². The highest BCUT2D eigenvalue weighted by molar-refractivity contribution is 5.97. The van der Waals surface area contributed by atoms with Gasteiger partial charge in [-0.25, -0.2) is 38.4 Å². The molecule has 4 N–H and O–H groups in total. The van der Waals surface area contributed by atoms with E-state index >= 15 is 0 Å². The minimum atomic E-state index is -1.21. The highest BCUT2D eigenvalue weighted by atomic mass is 16.6. The Labute approximate surface area is 396 Å². The quantitative estimate of drug-likeness (QED) is 0.0342. The molecule has 19 heteroatoms. The number of hydrogen-bond acceptors (Lipinski definition) is 18. The summed E-state index contributed by atoms with van der Waals surface area (Å²) in [5.74, 6) is -6.73. The van der Waals surface area contributed by atoms with Crippen LogP contribution < -0.4 is 0 Å². The van der Waals surface area contributed by atoms with Gasteiger partial charge in [-0.1, -0.05) is 38.8 Å². The number of aliphatic hydroxyl groups is 3. The number of aromatic carboxylic acids is 1. The number of carboxylic acid groups (broad SMARTS) is 1. The Balaban J connectivity index is 1.18. The number of carboxylic acids is 1. The van der Waals surface area contributed by atoms with E-state index in [1.165, 1.54) is 91.0 Å². The van der Waals surface area contributed by atoms with Crippen molar-refractivity contribution in [2.75, 3.05) is 66.1 Å². The summed E-state index contributed by atoms with van der Waals surface area (Å²) in [5, 5.41) is 38.9. The first-order chi connectivity index (χ1) is 33.1. The molecular weight excluding hydrogens is 905 g/mol. The molecule has 0 amide bonds. The molecule has 0 saturated heterocycles. The lowest BCUT2D eigenvalue weighted by molar-refractivity contribution is -0.0296. The van der Waals surface area contributed by atoms with Crippen LogP contribution in [0.5, 0.6) is 0 Å². The molecule has 0 spiro atoms. The van der Waals surface area contributed by atoms with Crippen LogP contribution in [0, 0.1) is 10.8 Å². The molecule has 1 unspecified atom stereocenters. The molecule has 0 aromatic heterocycles. The highest BCUT2D eigenvalue weighted by Gasteiger charge is 2.33. The molecule has 0 aliphatic carbocycles. The second kappa shape index (κ2) is 26.8. The summed E-state index contributed by atoms with van der Waals surface area (Å²) in [6.45, 7) is 0.250. The van der Waals surface area contributed by atoms with Gasteiger partial charge in [0.05, 0.1) is 75.2 Å². The van der Waals surface area contributed by atoms with Crippen molar-refractivity contribution in [2.24, 2.45) is 10.8 Å². The normalized spacial score (nSPS) is 11.8. The fourth-order valence-electron chi connectivity index (χ4n) is 6.19. The van der Waals surface area contributed by atoms with Crippen LogP contribution in [0.25, 0.3) is 0 Å². The van der Waals surface area contributed by atoms with Crippen LogP contribution in [0.3, 0.4) is 0 Å². The summed E-state index contributed by atoms with van der Waals surface area (Å²) in [5.41, 5.74) is -1.91. The summed E-state index contributed by atoms with van der Waals surface area (Å²) in [6.07, 6.45) is 2.26. The average Bonchev–Trinajstić information content (AvgIpc) is 3.38. The summed E-state index contributed by atoms with van der Waals surface area (Å²) < 4.78 is 36.8. The zero-order valence-corrected chi connectivity index (χ0v) is 38.0. The smallest absolute Gasteiger partial charge is 0.338 e. The molecule has 0 aliphatic heterocycles. The van der Waals surface area contributed by atoms with Gasteiger partial charge in [0.25, 0.3) is 0 Å². The molecule has 0 heterocycles. The van der Waals surface area contributed by atoms with Crippen molar-refractivity contribution in [3.63, 3.8) is 0 Å². The molecule has 69 heavy (non-hydrogen) atoms. The average molecular weight is 959 g/mol. The van der Waals surface area contributed by atoms with Gasteiger partial charge in [-0.3, -0.25) is 0 Å². The third-order valence-electron chi connectivity index (χ3n) is 10.8. The van der Waals surface area contributed by atoms with E-state index in [0.29, 0.717) is 6.42 Å². The van der Waals surface area contributed by atoms with Crippen molar-refractivity contribution in [2.45, 2.75) is 39.5 Å². The fourth-order valence-corrected chi connectivity index (χ4v) is 6.19. The van der Waals surface area contributed by atoms with Crippen molar-refractivity contribution in [1.82, 2.24) is 0 Å². The minimum Gasteiger partial charge on any atom is -0.478 e. The number of carbonyl (C=O) groups is 8. The molecule has 19 nitrogen and oxygen atoms in total. The van der Waals surface area contributed by atoms with E-state index in [0.717, 1.165) is 18.9 Å². The third-order valence-corrected chi connectivity index (χ3v) is 10.8. The van der Waals surface area contributed by atoms with Crippen LogP contribution >= 0.6 is 0 Å². The monoisotopic (exact) mass is 958 g/mol. The lowest BCUT2D eigenvalue weighted by atomic mass is 9.85. The molecule has 4 aromatic rings. The first kappa shape index (κ1) is 54.1. The van der Waals surface area contributed by atoms with Crippen LogP contribution in [-0.2, 0) is 33.2 Å². The standard InChI is InChI=1S/C50H54O19/c1-3-5-20-50(28-52,29-53)32-69-45(59)36-18-14-34(15-19-36)43(57)64-22-24-66-47(61)39-10-7-11-40(26-39)48(62)68-31-49(4-2,27-51)30-67-44(58)35-16-12-33(13-17-35)42(56)63-21-23-65-46(60)38-9-6-8-37(25-38)41(54)55/h6-19,25-26,51-53H,3-5,20-24,27-32H2,1-2H3,(H,54,55). The molecular formula is C50H54O19. The SMILES string of the molecule is CCCCC(CO)(CO)COC(=O)c1ccc(C(=O)OCCOC(=O)c2cccc(C(=O)OCC(CC)(CO)COC(=O)c3ccc(C(=O)OCCOC(=O)c4cccc(C(=O)O)c4)cc3)c2)cc1. The maximum absolute atomic E-state index is 13.1. The second-order valence-corrected chi connectivity index (χ2v) is 15.8. The number of ether oxygens (including phenoxy) is 7. The molecule has 0 aliphatic rings. The number of rotatable bonds is 27. The van der Waals surface area contributed by atoms with Crippen molar-refractivity contribution < 1.29 is 91.9 Å². The molecule has 0 bridgehead atoms. The Morgan fingerprint density at radius 3 is 1.01 bits per heavy atom. The lowest BCUT2D eigenvalue weighted by Gasteiger charge is -2.29. The first-order valence-corrected chi connectivity index (χ1v) is 21.8. The zero-order chi connectivity index (χ0) is 50.4. The van der Waals surface area contributed by atoms with E-state index in [9.17, 15) is 53.7 Å². The van der Waals surface area contributed by atoms with E-state index in [-0.39, 0.29) is 110 Å². The van der Waals surface area contributed by atoms with E-state index < -0.39 is 65.2 Å². The summed E-state index contributed by atoms with van der Waals surface area (Å²) in [7, 11) is 0. The third kappa shape index (κ3) is 16.1. The van der Waals surface area contributed by atoms with Crippen LogP contribution in [0.2, 0.25) is 0 Å². The van der Waals surface area contributed by atoms with Gasteiger partial charge in [0.15, 0.2) is 0 Å². The predicted molar refractivity (Wildman–Crippen MR) is 241 cm³/mol. The van der Waals surface area contributed by atoms with Gasteiger partial charge in [-0.15, -0.1) is 0 Å². The number of benzene rings is 4. The lowest BCUT2D eigenvalue weighted by Crippen LogP contribution is -2.37. The Kier molecular flexibility index (Phi) is 21.0. The summed E-state index contributed by atoms with van der Waals surface area (Å²) in [6, 6.07) is 21.4. The summed E-state index contributed by atoms with van der Waals surface area (Å²) >= 11 is 0. The second-order valence-electron chi connectivity index (χ2n) is 15.8. The van der Waals surface area contributed by atoms with Gasteiger partial charge in [-0.05, 0) is 97.8 Å². The van der Waals surface area contributed by atoms with Crippen LogP contribution in [0.15, 0.2) is 97.1 Å². The fraction of sp³-hybridized carbons (Fsp3) is 0.360. The predicted octanol–water partition coefficient (Wildman–Crippen LogP) is 5.13. The molecule has 368 valence electrons.